The predicted octanol–water partition coefficient (Wildman–Crippen LogP) is 1.76. The number of hydrogen-bond acceptors (Lipinski definition) is 3. The zero-order valence-corrected chi connectivity index (χ0v) is 8.85. The van der Waals surface area contributed by atoms with E-state index >= 15 is 0 Å². The third kappa shape index (κ3) is 2.25. The molecule has 0 spiro atoms. The number of phenolic OH excluding ortho intramolecular Hbond substituents is 1. The van der Waals surface area contributed by atoms with Crippen LogP contribution in [0.1, 0.15) is 15.9 Å². The second-order valence-electron chi connectivity index (χ2n) is 3.10. The topological polar surface area (TPSA) is 49.3 Å². The molecule has 0 aromatic heterocycles. The number of nitrogens with one attached hydrogen (secondary N) is 1. The second-order valence-corrected chi connectivity index (χ2v) is 3.48. The Morgan fingerprint density at radius 2 is 2.21 bits per heavy atom. The smallest absolute Gasteiger partial charge is 0.178 e. The number of hydrogen-bond donors (Lipinski definition) is 2. The van der Waals surface area contributed by atoms with E-state index in [1.165, 1.54) is 6.07 Å². The highest BCUT2D eigenvalue weighted by Gasteiger charge is 2.13. The molecule has 0 unspecified atom stereocenters. The Bertz CT molecular complexity index is 363. The largest absolute Gasteiger partial charge is 0.506 e. The maximum atomic E-state index is 11.5. The summed E-state index contributed by atoms with van der Waals surface area (Å²) in [6.07, 6.45) is 0. The molecule has 0 aliphatic rings. The van der Waals surface area contributed by atoms with Crippen LogP contribution in [0.15, 0.2) is 12.1 Å². The van der Waals surface area contributed by atoms with Crippen molar-refractivity contribution in [2.45, 2.75) is 6.92 Å². The quantitative estimate of drug-likeness (QED) is 0.753. The van der Waals surface area contributed by atoms with Crippen LogP contribution < -0.4 is 5.32 Å². The number of halogens is 1. The molecule has 0 fully saturated rings. The molecule has 1 rings (SSSR count). The molecule has 2 N–H and O–H groups in total. The minimum atomic E-state index is -0.128. The number of carbonyl (C=O) groups excluding carboxylic acids is 1. The van der Waals surface area contributed by atoms with Crippen LogP contribution in [0, 0.1) is 6.92 Å². The lowest BCUT2D eigenvalue weighted by atomic mass is 10.1. The highest BCUT2D eigenvalue weighted by molar-refractivity contribution is 6.35. The zero-order valence-electron chi connectivity index (χ0n) is 8.10. The molecule has 0 aliphatic carbocycles. The molecule has 0 saturated carbocycles. The summed E-state index contributed by atoms with van der Waals surface area (Å²) in [4.78, 5) is 11.5. The Labute approximate surface area is 87.7 Å². The van der Waals surface area contributed by atoms with E-state index in [0.29, 0.717) is 5.56 Å². The van der Waals surface area contributed by atoms with E-state index in [1.807, 2.05) is 0 Å². The zero-order chi connectivity index (χ0) is 10.7. The summed E-state index contributed by atoms with van der Waals surface area (Å²) < 4.78 is 0. The van der Waals surface area contributed by atoms with Gasteiger partial charge in [0.2, 0.25) is 0 Å². The first-order valence-corrected chi connectivity index (χ1v) is 4.61. The molecular formula is C10H12ClNO2. The first kappa shape index (κ1) is 11.0. The van der Waals surface area contributed by atoms with Gasteiger partial charge in [0.15, 0.2) is 5.78 Å². The summed E-state index contributed by atoms with van der Waals surface area (Å²) in [6.45, 7) is 2.01. The molecule has 14 heavy (non-hydrogen) atoms. The van der Waals surface area contributed by atoms with Gasteiger partial charge in [0.05, 0.1) is 11.6 Å². The van der Waals surface area contributed by atoms with E-state index in [1.54, 1.807) is 20.0 Å². The first-order valence-electron chi connectivity index (χ1n) is 4.23. The Balaban J connectivity index is 3.13. The van der Waals surface area contributed by atoms with Crippen molar-refractivity contribution in [1.29, 1.82) is 0 Å². The van der Waals surface area contributed by atoms with Crippen LogP contribution in [0.4, 0.5) is 0 Å². The average Bonchev–Trinajstić information content (AvgIpc) is 2.11. The van der Waals surface area contributed by atoms with Crippen molar-refractivity contribution >= 4 is 17.4 Å². The number of Topliss-reactive ketones (excluding diaryl/α,β-unsaturated/α-hetero) is 1. The minimum Gasteiger partial charge on any atom is -0.506 e. The van der Waals surface area contributed by atoms with Gasteiger partial charge < -0.3 is 10.4 Å². The fraction of sp³-hybridized carbons (Fsp3) is 0.300. The van der Waals surface area contributed by atoms with Gasteiger partial charge in [0, 0.05) is 5.56 Å². The van der Waals surface area contributed by atoms with Gasteiger partial charge in [-0.15, -0.1) is 0 Å². The van der Waals surface area contributed by atoms with Crippen molar-refractivity contribution in [1.82, 2.24) is 5.32 Å². The summed E-state index contributed by atoms with van der Waals surface area (Å²) in [5, 5.41) is 12.3. The van der Waals surface area contributed by atoms with Crippen LogP contribution in [0.3, 0.4) is 0 Å². The second kappa shape index (κ2) is 4.44. The minimum absolute atomic E-state index is 0.0499. The molecule has 4 heteroatoms. The normalized spacial score (nSPS) is 10.2. The number of phenols is 1. The molecule has 0 aliphatic heterocycles. The van der Waals surface area contributed by atoms with Crippen LogP contribution in [-0.4, -0.2) is 24.5 Å². The van der Waals surface area contributed by atoms with E-state index < -0.39 is 0 Å². The lowest BCUT2D eigenvalue weighted by molar-refractivity contribution is 0.0993. The third-order valence-electron chi connectivity index (χ3n) is 1.84. The van der Waals surface area contributed by atoms with Gasteiger partial charge in [-0.25, -0.2) is 0 Å². The Morgan fingerprint density at radius 1 is 1.57 bits per heavy atom. The molecule has 76 valence electrons. The van der Waals surface area contributed by atoms with Crippen molar-refractivity contribution in [3.63, 3.8) is 0 Å². The number of rotatable bonds is 3. The molecule has 3 nitrogen and oxygen atoms in total. The van der Waals surface area contributed by atoms with E-state index in [9.17, 15) is 9.90 Å². The van der Waals surface area contributed by atoms with Gasteiger partial charge in [-0.3, -0.25) is 4.79 Å². The van der Waals surface area contributed by atoms with Crippen LogP contribution in [0.25, 0.3) is 0 Å². The standard InChI is InChI=1S/C10H12ClNO2/c1-6-3-7(9(14)5-12-2)10(11)8(13)4-6/h3-4,12-13H,5H2,1-2H3. The van der Waals surface area contributed by atoms with Gasteiger partial charge in [-0.1, -0.05) is 11.6 Å². The Kier molecular flexibility index (Phi) is 3.49. The lowest BCUT2D eigenvalue weighted by Crippen LogP contribution is -2.18. The Hall–Kier alpha value is -1.06. The molecule has 0 saturated heterocycles. The molecule has 1 aromatic carbocycles. The number of carbonyl (C=O) groups is 1. The van der Waals surface area contributed by atoms with Gasteiger partial charge in [-0.2, -0.15) is 0 Å². The SMILES string of the molecule is CNCC(=O)c1cc(C)cc(O)c1Cl. The van der Waals surface area contributed by atoms with Gasteiger partial charge in [0.25, 0.3) is 0 Å². The van der Waals surface area contributed by atoms with Crippen molar-refractivity contribution in [3.8, 4) is 5.75 Å². The van der Waals surface area contributed by atoms with Gasteiger partial charge in [-0.05, 0) is 31.7 Å². The maximum Gasteiger partial charge on any atom is 0.178 e. The van der Waals surface area contributed by atoms with Crippen LogP contribution in [0.2, 0.25) is 5.02 Å². The summed E-state index contributed by atoms with van der Waals surface area (Å²) >= 11 is 5.80. The molecule has 1 aromatic rings. The van der Waals surface area contributed by atoms with E-state index in [4.69, 9.17) is 11.6 Å². The van der Waals surface area contributed by atoms with Crippen molar-refractivity contribution < 1.29 is 9.90 Å². The molecule has 0 amide bonds. The van der Waals surface area contributed by atoms with Crippen molar-refractivity contribution in [2.24, 2.45) is 0 Å². The number of ketones is 1. The van der Waals surface area contributed by atoms with E-state index in [-0.39, 0.29) is 23.1 Å². The fourth-order valence-electron chi connectivity index (χ4n) is 1.21. The van der Waals surface area contributed by atoms with Crippen LogP contribution in [0.5, 0.6) is 5.75 Å². The molecule has 0 radical (unpaired) electrons. The first-order chi connectivity index (χ1) is 6.56. The fourth-order valence-corrected chi connectivity index (χ4v) is 1.42. The third-order valence-corrected chi connectivity index (χ3v) is 2.23. The number of aromatic hydroxyl groups is 1. The van der Waals surface area contributed by atoms with E-state index in [2.05, 4.69) is 5.32 Å². The Morgan fingerprint density at radius 3 is 2.79 bits per heavy atom. The highest BCUT2D eigenvalue weighted by Crippen LogP contribution is 2.28. The van der Waals surface area contributed by atoms with Crippen molar-refractivity contribution in [2.75, 3.05) is 13.6 Å². The van der Waals surface area contributed by atoms with Crippen LogP contribution >= 0.6 is 11.6 Å². The monoisotopic (exact) mass is 213 g/mol. The average molecular weight is 214 g/mol. The number of likely N-dealkylation sites (N-methyl/N-ethyl adjacent to an activating group) is 1. The predicted molar refractivity (Wildman–Crippen MR) is 56.1 cm³/mol. The summed E-state index contributed by atoms with van der Waals surface area (Å²) in [5.74, 6) is -0.178. The number of aryl methyl sites for hydroxylation is 1. The molecule has 0 bridgehead atoms. The summed E-state index contributed by atoms with van der Waals surface area (Å²) in [5.41, 5.74) is 1.17. The van der Waals surface area contributed by atoms with Crippen LogP contribution in [-0.2, 0) is 0 Å². The maximum absolute atomic E-state index is 11.5. The molecule has 0 atom stereocenters. The van der Waals surface area contributed by atoms with Gasteiger partial charge in [0.1, 0.15) is 5.75 Å². The molecule has 0 heterocycles. The van der Waals surface area contributed by atoms with Crippen molar-refractivity contribution in [3.05, 3.63) is 28.3 Å². The lowest BCUT2D eigenvalue weighted by Gasteiger charge is -2.06. The highest BCUT2D eigenvalue weighted by atomic mass is 35.5. The summed E-state index contributed by atoms with van der Waals surface area (Å²) in [6, 6.07) is 3.19. The summed E-state index contributed by atoms with van der Waals surface area (Å²) in [7, 11) is 1.68. The van der Waals surface area contributed by atoms with Gasteiger partial charge >= 0.3 is 0 Å². The molecular weight excluding hydrogens is 202 g/mol. The van der Waals surface area contributed by atoms with E-state index in [0.717, 1.165) is 5.56 Å². The number of benzene rings is 1.